The number of carbonyl (C=O) groups is 3. The Balaban J connectivity index is 1.39. The molecule has 3 aromatic carbocycles. The van der Waals surface area contributed by atoms with Crippen LogP contribution in [0.25, 0.3) is 0 Å². The summed E-state index contributed by atoms with van der Waals surface area (Å²) in [6.07, 6.45) is 1.96. The van der Waals surface area contributed by atoms with Crippen LogP contribution in [0.5, 0.6) is 5.75 Å². The number of ether oxygens (including phenoxy) is 1. The molecule has 42 heavy (non-hydrogen) atoms. The van der Waals surface area contributed by atoms with Crippen molar-refractivity contribution in [2.24, 2.45) is 0 Å². The number of urea groups is 1. The molecule has 1 heterocycles. The van der Waals surface area contributed by atoms with Gasteiger partial charge in [-0.3, -0.25) is 9.69 Å². The van der Waals surface area contributed by atoms with Gasteiger partial charge < -0.3 is 25.8 Å². The lowest BCUT2D eigenvalue weighted by Gasteiger charge is -2.34. The lowest BCUT2D eigenvalue weighted by molar-refractivity contribution is -0.124. The van der Waals surface area contributed by atoms with E-state index in [-0.39, 0.29) is 30.7 Å². The van der Waals surface area contributed by atoms with Crippen molar-refractivity contribution in [3.05, 3.63) is 95.1 Å². The molecule has 3 amide bonds. The molecule has 218 valence electrons. The summed E-state index contributed by atoms with van der Waals surface area (Å²) in [5, 5.41) is 27.3. The lowest BCUT2D eigenvalue weighted by Crippen LogP contribution is -2.54. The van der Waals surface area contributed by atoms with E-state index in [4.69, 9.17) is 10.00 Å². The van der Waals surface area contributed by atoms with Crippen molar-refractivity contribution in [2.75, 3.05) is 25.0 Å². The first-order valence-corrected chi connectivity index (χ1v) is 14.0. The molecule has 4 N–H and O–H groups in total. The van der Waals surface area contributed by atoms with E-state index in [9.17, 15) is 19.5 Å². The lowest BCUT2D eigenvalue weighted by atomic mass is 10.0. The third-order valence-electron chi connectivity index (χ3n) is 6.99. The maximum Gasteiger partial charge on any atom is 0.338 e. The molecule has 1 unspecified atom stereocenters. The molecule has 10 heteroatoms. The number of hydrogen-bond donors (Lipinski definition) is 4. The van der Waals surface area contributed by atoms with E-state index in [0.717, 1.165) is 30.5 Å². The van der Waals surface area contributed by atoms with Gasteiger partial charge in [-0.05, 0) is 86.0 Å². The number of rotatable bonds is 10. The van der Waals surface area contributed by atoms with Gasteiger partial charge in [0.15, 0.2) is 0 Å². The van der Waals surface area contributed by atoms with Gasteiger partial charge in [0, 0.05) is 31.2 Å². The van der Waals surface area contributed by atoms with Crippen LogP contribution in [-0.2, 0) is 22.5 Å². The molecule has 2 atom stereocenters. The summed E-state index contributed by atoms with van der Waals surface area (Å²) < 4.78 is 4.99. The average Bonchev–Trinajstić information content (AvgIpc) is 2.99. The number of piperidine rings is 1. The van der Waals surface area contributed by atoms with E-state index >= 15 is 0 Å². The van der Waals surface area contributed by atoms with Crippen LogP contribution >= 0.6 is 0 Å². The van der Waals surface area contributed by atoms with E-state index in [2.05, 4.69) is 26.9 Å². The molecule has 0 radical (unpaired) electrons. The Kier molecular flexibility index (Phi) is 10.5. The van der Waals surface area contributed by atoms with Gasteiger partial charge in [-0.1, -0.05) is 24.3 Å². The Morgan fingerprint density at radius 2 is 1.71 bits per heavy atom. The number of anilines is 1. The minimum Gasteiger partial charge on any atom is -0.508 e. The number of carbonyl (C=O) groups excluding carboxylic acids is 3. The summed E-state index contributed by atoms with van der Waals surface area (Å²) in [5.41, 5.74) is 3.31. The molecule has 4 rings (SSSR count). The molecule has 3 aromatic rings. The fourth-order valence-corrected chi connectivity index (χ4v) is 4.87. The van der Waals surface area contributed by atoms with Crippen molar-refractivity contribution in [1.82, 2.24) is 15.5 Å². The first-order chi connectivity index (χ1) is 20.3. The number of amides is 3. The molecule has 0 saturated carbocycles. The van der Waals surface area contributed by atoms with Crippen LogP contribution in [0.15, 0.2) is 72.8 Å². The molecule has 1 aliphatic heterocycles. The van der Waals surface area contributed by atoms with Crippen molar-refractivity contribution in [3.63, 3.8) is 0 Å². The number of esters is 1. The smallest absolute Gasteiger partial charge is 0.338 e. The molecule has 0 aliphatic carbocycles. The summed E-state index contributed by atoms with van der Waals surface area (Å²) in [6.45, 7) is 4.27. The minimum atomic E-state index is -0.873. The second kappa shape index (κ2) is 14.7. The molecule has 0 aromatic heterocycles. The topological polar surface area (TPSA) is 144 Å². The first-order valence-electron chi connectivity index (χ1n) is 14.0. The number of nitrogens with zero attached hydrogens (tertiary/aromatic N) is 2. The quantitative estimate of drug-likeness (QED) is 0.271. The second-order valence-corrected chi connectivity index (χ2v) is 10.2. The van der Waals surface area contributed by atoms with E-state index in [1.165, 1.54) is 12.1 Å². The van der Waals surface area contributed by atoms with Gasteiger partial charge in [0.25, 0.3) is 0 Å². The Hall–Kier alpha value is -4.88. The van der Waals surface area contributed by atoms with E-state index in [1.807, 2.05) is 12.1 Å². The standard InChI is InChI=1S/C32H35N5O5/c1-2-42-31(40)25-11-13-26(14-12-25)35-32(41)36-29(18-22-9-15-28(38)16-10-22)30(39)34-27-4-3-17-37(21-27)20-24-7-5-23(19-33)6-8-24/h5-16,27,29,38H,2-4,17-18,20-21H2,1H3,(H,34,39)(H2,35,36,41)/t27?,29-/m0/s1. The van der Waals surface area contributed by atoms with Crippen LogP contribution in [-0.4, -0.2) is 59.7 Å². The third-order valence-corrected chi connectivity index (χ3v) is 6.99. The Bertz CT molecular complexity index is 1400. The van der Waals surface area contributed by atoms with Crippen LogP contribution < -0.4 is 16.0 Å². The summed E-state index contributed by atoms with van der Waals surface area (Å²) in [4.78, 5) is 40.6. The largest absolute Gasteiger partial charge is 0.508 e. The predicted octanol–water partition coefficient (Wildman–Crippen LogP) is 3.95. The molecule has 0 bridgehead atoms. The van der Waals surface area contributed by atoms with E-state index in [1.54, 1.807) is 55.5 Å². The zero-order valence-electron chi connectivity index (χ0n) is 23.5. The highest BCUT2D eigenvalue weighted by Gasteiger charge is 2.27. The molecule has 0 spiro atoms. The number of phenolic OH excluding ortho intramolecular Hbond substituents is 1. The number of benzene rings is 3. The zero-order valence-corrected chi connectivity index (χ0v) is 23.5. The highest BCUT2D eigenvalue weighted by Crippen LogP contribution is 2.16. The summed E-state index contributed by atoms with van der Waals surface area (Å²) in [5.74, 6) is -0.639. The summed E-state index contributed by atoms with van der Waals surface area (Å²) in [7, 11) is 0. The van der Waals surface area contributed by atoms with Gasteiger partial charge >= 0.3 is 12.0 Å². The van der Waals surface area contributed by atoms with Gasteiger partial charge in [0.2, 0.25) is 5.91 Å². The van der Waals surface area contributed by atoms with Gasteiger partial charge in [-0.25, -0.2) is 9.59 Å². The SMILES string of the molecule is CCOC(=O)c1ccc(NC(=O)N[C@@H](Cc2ccc(O)cc2)C(=O)NC2CCCN(Cc3ccc(C#N)cc3)C2)cc1. The maximum absolute atomic E-state index is 13.5. The average molecular weight is 570 g/mol. The van der Waals surface area contributed by atoms with Gasteiger partial charge in [-0.2, -0.15) is 5.26 Å². The number of nitrogens with one attached hydrogen (secondary N) is 3. The van der Waals surface area contributed by atoms with Crippen LogP contribution in [0.3, 0.4) is 0 Å². The van der Waals surface area contributed by atoms with Crippen LogP contribution in [0, 0.1) is 11.3 Å². The van der Waals surface area contributed by atoms with Crippen LogP contribution in [0.4, 0.5) is 10.5 Å². The number of aromatic hydroxyl groups is 1. The Labute approximate surface area is 245 Å². The predicted molar refractivity (Wildman–Crippen MR) is 158 cm³/mol. The Morgan fingerprint density at radius 3 is 2.38 bits per heavy atom. The van der Waals surface area contributed by atoms with Crippen molar-refractivity contribution < 1.29 is 24.2 Å². The molecular formula is C32H35N5O5. The molecule has 10 nitrogen and oxygen atoms in total. The monoisotopic (exact) mass is 569 g/mol. The van der Waals surface area contributed by atoms with Gasteiger partial charge in [0.1, 0.15) is 11.8 Å². The number of hydrogen-bond acceptors (Lipinski definition) is 7. The summed E-state index contributed by atoms with van der Waals surface area (Å²) in [6, 6.07) is 20.9. The number of likely N-dealkylation sites (tertiary alicyclic amines) is 1. The normalized spacial score (nSPS) is 15.6. The van der Waals surface area contributed by atoms with Crippen molar-refractivity contribution in [2.45, 2.75) is 44.8 Å². The van der Waals surface area contributed by atoms with Crippen molar-refractivity contribution in [3.8, 4) is 11.8 Å². The van der Waals surface area contributed by atoms with E-state index < -0.39 is 18.0 Å². The minimum absolute atomic E-state index is 0.0905. The molecule has 1 saturated heterocycles. The van der Waals surface area contributed by atoms with Gasteiger partial charge in [0.05, 0.1) is 23.8 Å². The fourth-order valence-electron chi connectivity index (χ4n) is 4.87. The molecular weight excluding hydrogens is 534 g/mol. The van der Waals surface area contributed by atoms with E-state index in [0.29, 0.717) is 29.9 Å². The van der Waals surface area contributed by atoms with Gasteiger partial charge in [-0.15, -0.1) is 0 Å². The highest BCUT2D eigenvalue weighted by atomic mass is 16.5. The fraction of sp³-hybridized carbons (Fsp3) is 0.312. The first kappa shape index (κ1) is 30.1. The van der Waals surface area contributed by atoms with Crippen LogP contribution in [0.1, 0.15) is 46.8 Å². The third kappa shape index (κ3) is 8.81. The number of nitriles is 1. The number of phenols is 1. The Morgan fingerprint density at radius 1 is 1.02 bits per heavy atom. The molecule has 1 fully saturated rings. The van der Waals surface area contributed by atoms with Crippen molar-refractivity contribution in [1.29, 1.82) is 5.26 Å². The maximum atomic E-state index is 13.5. The van der Waals surface area contributed by atoms with Crippen LogP contribution in [0.2, 0.25) is 0 Å². The summed E-state index contributed by atoms with van der Waals surface area (Å²) >= 11 is 0. The second-order valence-electron chi connectivity index (χ2n) is 10.2. The molecule has 1 aliphatic rings. The zero-order chi connectivity index (χ0) is 29.9. The highest BCUT2D eigenvalue weighted by molar-refractivity contribution is 5.95. The van der Waals surface area contributed by atoms with Crippen molar-refractivity contribution >= 4 is 23.6 Å².